The van der Waals surface area contributed by atoms with Gasteiger partial charge in [-0.15, -0.1) is 0 Å². The first-order valence-corrected chi connectivity index (χ1v) is 6.15. The van der Waals surface area contributed by atoms with E-state index in [-0.39, 0.29) is 23.9 Å². The second-order valence-corrected chi connectivity index (χ2v) is 4.41. The first-order valence-electron chi connectivity index (χ1n) is 6.15. The number of benzene rings is 1. The number of nitrogens with two attached hydrogens (primary N) is 2. The van der Waals surface area contributed by atoms with E-state index in [1.807, 2.05) is 0 Å². The standard InChI is InChI=1S/C13H13FN4O4/c14-6-1-3-7(4-2-6)22-5-8(10(15)19)9-11(20)17-13(16)18-12(9)21/h1-4,8H,5H2,(H2,15,19)(H4,16,17,18,20,21). The number of carbonyl (C=O) groups is 1. The van der Waals surface area contributed by atoms with Crippen molar-refractivity contribution < 1.29 is 19.0 Å². The highest BCUT2D eigenvalue weighted by atomic mass is 19.1. The second kappa shape index (κ2) is 6.12. The van der Waals surface area contributed by atoms with Gasteiger partial charge in [-0.1, -0.05) is 0 Å². The van der Waals surface area contributed by atoms with Gasteiger partial charge in [0.2, 0.25) is 17.7 Å². The van der Waals surface area contributed by atoms with Crippen molar-refractivity contribution in [2.75, 3.05) is 12.3 Å². The van der Waals surface area contributed by atoms with Crippen LogP contribution in [0, 0.1) is 5.82 Å². The molecular weight excluding hydrogens is 295 g/mol. The highest BCUT2D eigenvalue weighted by Gasteiger charge is 2.27. The number of nitrogens with one attached hydrogen (secondary N) is 1. The minimum Gasteiger partial charge on any atom is -0.493 e. The zero-order valence-electron chi connectivity index (χ0n) is 11.2. The smallest absolute Gasteiger partial charge is 0.260 e. The molecule has 6 N–H and O–H groups in total. The quantitative estimate of drug-likeness (QED) is 0.604. The van der Waals surface area contributed by atoms with Crippen LogP contribution in [0.2, 0.25) is 0 Å². The van der Waals surface area contributed by atoms with Gasteiger partial charge in [0.15, 0.2) is 0 Å². The van der Waals surface area contributed by atoms with Gasteiger partial charge in [-0.3, -0.25) is 14.6 Å². The fourth-order valence-electron chi connectivity index (χ4n) is 1.82. The number of carbonyl (C=O) groups excluding carboxylic acids is 1. The maximum Gasteiger partial charge on any atom is 0.260 e. The molecule has 0 saturated carbocycles. The van der Waals surface area contributed by atoms with Crippen LogP contribution in [0.1, 0.15) is 11.5 Å². The number of aromatic nitrogens is 2. The number of halogens is 1. The van der Waals surface area contributed by atoms with Crippen molar-refractivity contribution in [2.45, 2.75) is 5.92 Å². The van der Waals surface area contributed by atoms with Crippen LogP contribution in [0.15, 0.2) is 29.1 Å². The summed E-state index contributed by atoms with van der Waals surface area (Å²) in [6.45, 7) is -0.330. The highest BCUT2D eigenvalue weighted by Crippen LogP contribution is 2.22. The summed E-state index contributed by atoms with van der Waals surface area (Å²) in [5, 5.41) is 9.70. The first kappa shape index (κ1) is 15.3. The molecule has 9 heteroatoms. The van der Waals surface area contributed by atoms with Crippen molar-refractivity contribution in [1.82, 2.24) is 9.97 Å². The summed E-state index contributed by atoms with van der Waals surface area (Å²) in [7, 11) is 0. The lowest BCUT2D eigenvalue weighted by Gasteiger charge is -2.15. The minimum atomic E-state index is -1.25. The van der Waals surface area contributed by atoms with E-state index in [1.165, 1.54) is 24.3 Å². The van der Waals surface area contributed by atoms with E-state index in [0.717, 1.165) is 0 Å². The fourth-order valence-corrected chi connectivity index (χ4v) is 1.82. The number of aromatic amines is 1. The molecule has 1 heterocycles. The molecule has 1 amide bonds. The van der Waals surface area contributed by atoms with Gasteiger partial charge in [0.1, 0.15) is 24.1 Å². The van der Waals surface area contributed by atoms with Crippen molar-refractivity contribution in [3.63, 3.8) is 0 Å². The van der Waals surface area contributed by atoms with Gasteiger partial charge in [-0.2, -0.15) is 4.98 Å². The Morgan fingerprint density at radius 3 is 2.59 bits per heavy atom. The fraction of sp³-hybridized carbons (Fsp3) is 0.154. The molecule has 0 aliphatic heterocycles. The average molecular weight is 308 g/mol. The molecule has 0 saturated heterocycles. The summed E-state index contributed by atoms with van der Waals surface area (Å²) in [5.74, 6) is -3.32. The summed E-state index contributed by atoms with van der Waals surface area (Å²) in [6.07, 6.45) is 0. The number of ether oxygens (including phenoxy) is 1. The van der Waals surface area contributed by atoms with Crippen molar-refractivity contribution in [2.24, 2.45) is 5.73 Å². The molecule has 116 valence electrons. The van der Waals surface area contributed by atoms with E-state index >= 15 is 0 Å². The predicted molar refractivity (Wildman–Crippen MR) is 74.8 cm³/mol. The molecule has 0 aliphatic rings. The molecule has 2 aromatic rings. The van der Waals surface area contributed by atoms with Crippen LogP contribution >= 0.6 is 0 Å². The Labute approximate surface area is 123 Å². The van der Waals surface area contributed by atoms with E-state index in [2.05, 4.69) is 9.97 Å². The maximum absolute atomic E-state index is 12.8. The zero-order valence-corrected chi connectivity index (χ0v) is 11.2. The van der Waals surface area contributed by atoms with Crippen LogP contribution in [-0.4, -0.2) is 27.6 Å². The topological polar surface area (TPSA) is 144 Å². The van der Waals surface area contributed by atoms with Crippen LogP contribution in [0.3, 0.4) is 0 Å². The second-order valence-electron chi connectivity index (χ2n) is 4.41. The third kappa shape index (κ3) is 3.32. The molecule has 8 nitrogen and oxygen atoms in total. The Kier molecular flexibility index (Phi) is 4.25. The number of rotatable bonds is 5. The summed E-state index contributed by atoms with van der Waals surface area (Å²) in [5.41, 5.74) is 9.37. The molecule has 2 rings (SSSR count). The normalized spacial score (nSPS) is 11.9. The van der Waals surface area contributed by atoms with Gasteiger partial charge in [-0.25, -0.2) is 4.39 Å². The summed E-state index contributed by atoms with van der Waals surface area (Å²) in [6, 6.07) is 5.03. The first-order chi connectivity index (χ1) is 10.4. The van der Waals surface area contributed by atoms with Gasteiger partial charge in [0.25, 0.3) is 5.56 Å². The lowest BCUT2D eigenvalue weighted by Crippen LogP contribution is -2.32. The average Bonchev–Trinajstić information content (AvgIpc) is 2.42. The Bertz CT molecular complexity index is 745. The third-order valence-electron chi connectivity index (χ3n) is 2.88. The molecule has 1 unspecified atom stereocenters. The van der Waals surface area contributed by atoms with Gasteiger partial charge >= 0.3 is 0 Å². The Balaban J connectivity index is 2.26. The number of nitrogens with zero attached hydrogens (tertiary/aromatic N) is 1. The third-order valence-corrected chi connectivity index (χ3v) is 2.88. The number of primary amides is 1. The zero-order chi connectivity index (χ0) is 16.3. The van der Waals surface area contributed by atoms with Crippen LogP contribution in [0.5, 0.6) is 11.6 Å². The Morgan fingerprint density at radius 1 is 1.41 bits per heavy atom. The molecule has 22 heavy (non-hydrogen) atoms. The summed E-state index contributed by atoms with van der Waals surface area (Å²) >= 11 is 0. The lowest BCUT2D eigenvalue weighted by molar-refractivity contribution is -0.120. The van der Waals surface area contributed by atoms with Crippen LogP contribution in [0.4, 0.5) is 10.3 Å². The van der Waals surface area contributed by atoms with Gasteiger partial charge in [0.05, 0.1) is 5.56 Å². The molecule has 1 atom stereocenters. The maximum atomic E-state index is 12.8. The molecule has 0 fully saturated rings. The molecular formula is C13H13FN4O4. The largest absolute Gasteiger partial charge is 0.493 e. The number of hydrogen-bond donors (Lipinski definition) is 4. The minimum absolute atomic E-state index is 0.270. The highest BCUT2D eigenvalue weighted by molar-refractivity contribution is 5.82. The lowest BCUT2D eigenvalue weighted by atomic mass is 10.0. The molecule has 0 radical (unpaired) electrons. The Morgan fingerprint density at radius 2 is 2.05 bits per heavy atom. The van der Waals surface area contributed by atoms with Crippen molar-refractivity contribution in [3.05, 3.63) is 46.0 Å². The number of nitrogen functional groups attached to an aromatic ring is 1. The number of amides is 1. The van der Waals surface area contributed by atoms with Crippen LogP contribution in [0.25, 0.3) is 0 Å². The molecule has 0 bridgehead atoms. The van der Waals surface area contributed by atoms with Crippen molar-refractivity contribution >= 4 is 11.9 Å². The number of H-pyrrole nitrogens is 1. The number of hydrogen-bond acceptors (Lipinski definition) is 6. The molecule has 0 spiro atoms. The summed E-state index contributed by atoms with van der Waals surface area (Å²) < 4.78 is 18.1. The SMILES string of the molecule is NC(=O)C(COc1ccc(F)cc1)c1c(O)nc(N)[nH]c1=O. The van der Waals surface area contributed by atoms with Crippen molar-refractivity contribution in [3.8, 4) is 11.6 Å². The van der Waals surface area contributed by atoms with Gasteiger partial charge < -0.3 is 21.3 Å². The van der Waals surface area contributed by atoms with Crippen LogP contribution < -0.4 is 21.8 Å². The number of aromatic hydroxyl groups is 1. The molecule has 0 aliphatic carbocycles. The predicted octanol–water partition coefficient (Wildman–Crippen LogP) is -0.155. The van der Waals surface area contributed by atoms with E-state index in [0.29, 0.717) is 0 Å². The molecule has 1 aromatic carbocycles. The van der Waals surface area contributed by atoms with Gasteiger partial charge in [-0.05, 0) is 24.3 Å². The van der Waals surface area contributed by atoms with Crippen LogP contribution in [-0.2, 0) is 4.79 Å². The van der Waals surface area contributed by atoms with E-state index in [1.54, 1.807) is 0 Å². The van der Waals surface area contributed by atoms with E-state index in [4.69, 9.17) is 16.2 Å². The Hall–Kier alpha value is -3.10. The molecule has 1 aromatic heterocycles. The van der Waals surface area contributed by atoms with Crippen molar-refractivity contribution in [1.29, 1.82) is 0 Å². The van der Waals surface area contributed by atoms with E-state index in [9.17, 15) is 19.1 Å². The van der Waals surface area contributed by atoms with Gasteiger partial charge in [0, 0.05) is 0 Å². The monoisotopic (exact) mass is 308 g/mol. The summed E-state index contributed by atoms with van der Waals surface area (Å²) in [4.78, 5) is 29.0. The van der Waals surface area contributed by atoms with E-state index < -0.39 is 29.1 Å². The number of anilines is 1.